The molecule has 0 unspecified atom stereocenters. The highest BCUT2D eigenvalue weighted by Gasteiger charge is 2.30. The molecule has 0 spiro atoms. The van der Waals surface area contributed by atoms with Crippen molar-refractivity contribution in [3.8, 4) is 11.8 Å². The molecule has 0 fully saturated rings. The smallest absolute Gasteiger partial charge is 0.196 e. The summed E-state index contributed by atoms with van der Waals surface area (Å²) in [4.78, 5) is 2.13. The summed E-state index contributed by atoms with van der Waals surface area (Å²) in [5, 5.41) is 25.0. The zero-order chi connectivity index (χ0) is 22.5. The number of hydrogen-bond donors (Lipinski definition) is 0. The molecule has 2 aromatic heterocycles. The van der Waals surface area contributed by atoms with Crippen LogP contribution in [0.1, 0.15) is 55.8 Å². The molecule has 1 aliphatic rings. The molecule has 0 saturated heterocycles. The van der Waals surface area contributed by atoms with Gasteiger partial charge in [0.05, 0.1) is 11.4 Å². The lowest BCUT2D eigenvalue weighted by Gasteiger charge is -2.22. The first kappa shape index (κ1) is 20.9. The quantitative estimate of drug-likeness (QED) is 0.459. The summed E-state index contributed by atoms with van der Waals surface area (Å²) in [5.74, 6) is 0.442. The lowest BCUT2D eigenvalue weighted by molar-refractivity contribution is 0.558. The number of hydrogen-bond acceptors (Lipinski definition) is 7. The summed E-state index contributed by atoms with van der Waals surface area (Å²) in [6, 6.07) is 8.51. The van der Waals surface area contributed by atoms with E-state index in [9.17, 15) is 5.26 Å². The van der Waals surface area contributed by atoms with Crippen LogP contribution in [0.25, 0.3) is 11.3 Å². The van der Waals surface area contributed by atoms with Crippen LogP contribution in [-0.2, 0) is 12.0 Å². The van der Waals surface area contributed by atoms with Crippen LogP contribution in [0.3, 0.4) is 0 Å². The second kappa shape index (κ2) is 7.43. The molecule has 31 heavy (non-hydrogen) atoms. The Morgan fingerprint density at radius 2 is 2.00 bits per heavy atom. The Hall–Kier alpha value is -3.31. The van der Waals surface area contributed by atoms with Crippen LogP contribution in [0.15, 0.2) is 35.0 Å². The van der Waals surface area contributed by atoms with Crippen molar-refractivity contribution < 1.29 is 0 Å². The van der Waals surface area contributed by atoms with E-state index in [4.69, 9.17) is 5.10 Å². The fourth-order valence-corrected chi connectivity index (χ4v) is 4.61. The Bertz CT molecular complexity index is 1260. The summed E-state index contributed by atoms with van der Waals surface area (Å²) in [5.41, 5.74) is 6.12. The van der Waals surface area contributed by atoms with E-state index in [0.29, 0.717) is 29.3 Å². The predicted molar refractivity (Wildman–Crippen MR) is 125 cm³/mol. The normalized spacial score (nSPS) is 14.3. The van der Waals surface area contributed by atoms with Gasteiger partial charge in [-0.1, -0.05) is 45.5 Å². The van der Waals surface area contributed by atoms with E-state index in [1.54, 1.807) is 4.68 Å². The third kappa shape index (κ3) is 3.45. The molecule has 0 N–H and O–H groups in total. The molecule has 0 aliphatic carbocycles. The van der Waals surface area contributed by atoms with Gasteiger partial charge in [0.25, 0.3) is 0 Å². The summed E-state index contributed by atoms with van der Waals surface area (Å²) in [6.45, 7) is 14.8. The third-order valence-corrected chi connectivity index (χ3v) is 6.22. The maximum Gasteiger partial charge on any atom is 0.196 e. The van der Waals surface area contributed by atoms with Gasteiger partial charge in [0.2, 0.25) is 0 Å². The summed E-state index contributed by atoms with van der Waals surface area (Å²) in [6.07, 6.45) is 0. The van der Waals surface area contributed by atoms with Crippen molar-refractivity contribution in [3.63, 3.8) is 0 Å². The maximum atomic E-state index is 10.0. The van der Waals surface area contributed by atoms with Crippen LogP contribution < -0.4 is 4.90 Å². The van der Waals surface area contributed by atoms with Crippen LogP contribution in [0, 0.1) is 18.3 Å². The summed E-state index contributed by atoms with van der Waals surface area (Å²) >= 11 is 1.38. The number of rotatable bonds is 1. The largest absolute Gasteiger partial charge is 0.359 e. The van der Waals surface area contributed by atoms with E-state index in [1.807, 2.05) is 53.8 Å². The highest BCUT2D eigenvalue weighted by molar-refractivity contribution is 7.11. The van der Waals surface area contributed by atoms with Crippen LogP contribution >= 0.6 is 11.5 Å². The Labute approximate surface area is 186 Å². The van der Waals surface area contributed by atoms with E-state index in [-0.39, 0.29) is 5.41 Å². The molecule has 0 saturated carbocycles. The van der Waals surface area contributed by atoms with Crippen LogP contribution in [0.5, 0.6) is 0 Å². The Morgan fingerprint density at radius 3 is 2.65 bits per heavy atom. The SMILES string of the molecule is C=C(C)c1nsc2c1/N=N/c1c(C#N)c(C(C)(C)C)nn1-c1c(C)cccc1CN2C. The number of fused-ring (bicyclic) bond motifs is 4. The number of aryl methyl sites for hydroxylation is 1. The van der Waals surface area contributed by atoms with Crippen molar-refractivity contribution in [1.82, 2.24) is 14.2 Å². The number of para-hydroxylation sites is 1. The highest BCUT2D eigenvalue weighted by atomic mass is 32.1. The fraction of sp³-hybridized carbons (Fsp3) is 0.348. The van der Waals surface area contributed by atoms with Gasteiger partial charge in [-0.05, 0) is 42.1 Å². The van der Waals surface area contributed by atoms with Crippen molar-refractivity contribution in [1.29, 1.82) is 5.26 Å². The van der Waals surface area contributed by atoms with Crippen molar-refractivity contribution in [2.75, 3.05) is 11.9 Å². The van der Waals surface area contributed by atoms with Crippen molar-refractivity contribution in [3.05, 3.63) is 52.9 Å². The number of azo groups is 1. The topological polar surface area (TPSA) is 82.5 Å². The standard InChI is InChI=1S/C23H25N7S/c1-13(2)17-18-22(31-28-17)29(7)12-15-10-8-9-14(3)19(15)30-21(26-25-18)16(11-24)20(27-30)23(4,5)6/h8-10H,1,12H2,2-7H3/b26-25+. The van der Waals surface area contributed by atoms with E-state index in [0.717, 1.165) is 33.1 Å². The van der Waals surface area contributed by atoms with E-state index in [2.05, 4.69) is 38.2 Å². The van der Waals surface area contributed by atoms with E-state index < -0.39 is 0 Å². The first-order valence-electron chi connectivity index (χ1n) is 10.0. The molecule has 7 nitrogen and oxygen atoms in total. The number of anilines is 1. The number of allylic oxidation sites excluding steroid dienone is 1. The van der Waals surface area contributed by atoms with E-state index in [1.165, 1.54) is 11.5 Å². The predicted octanol–water partition coefficient (Wildman–Crippen LogP) is 6.20. The first-order valence-corrected chi connectivity index (χ1v) is 10.8. The van der Waals surface area contributed by atoms with Crippen molar-refractivity contribution >= 4 is 33.6 Å². The zero-order valence-corrected chi connectivity index (χ0v) is 19.5. The minimum absolute atomic E-state index is 0.321. The van der Waals surface area contributed by atoms with Gasteiger partial charge in [-0.3, -0.25) is 0 Å². The summed E-state index contributed by atoms with van der Waals surface area (Å²) in [7, 11) is 2.02. The van der Waals surface area contributed by atoms with Crippen LogP contribution in [-0.4, -0.2) is 21.2 Å². The van der Waals surface area contributed by atoms with Gasteiger partial charge in [0.1, 0.15) is 28.0 Å². The first-order chi connectivity index (χ1) is 14.6. The van der Waals surface area contributed by atoms with Crippen molar-refractivity contribution in [2.45, 2.75) is 46.6 Å². The molecule has 1 aromatic carbocycles. The molecule has 3 aromatic rings. The average Bonchev–Trinajstić information content (AvgIpc) is 3.27. The minimum atomic E-state index is -0.321. The Morgan fingerprint density at radius 1 is 1.26 bits per heavy atom. The molecule has 8 heteroatoms. The van der Waals surface area contributed by atoms with Crippen molar-refractivity contribution in [2.24, 2.45) is 10.2 Å². The molecular weight excluding hydrogens is 406 g/mol. The maximum absolute atomic E-state index is 10.0. The van der Waals surface area contributed by atoms with Crippen LogP contribution in [0.4, 0.5) is 16.5 Å². The lowest BCUT2D eigenvalue weighted by atomic mass is 9.90. The Kier molecular flexibility index (Phi) is 5.02. The molecule has 3 heterocycles. The van der Waals surface area contributed by atoms with Gasteiger partial charge in [-0.2, -0.15) is 14.7 Å². The molecule has 0 bridgehead atoms. The van der Waals surface area contributed by atoms with Gasteiger partial charge in [0, 0.05) is 19.0 Å². The van der Waals surface area contributed by atoms with Gasteiger partial charge in [0.15, 0.2) is 5.82 Å². The monoisotopic (exact) mass is 431 g/mol. The number of nitrogens with zero attached hydrogens (tertiary/aromatic N) is 7. The second-order valence-corrected chi connectivity index (χ2v) is 9.68. The van der Waals surface area contributed by atoms with Gasteiger partial charge in [-0.25, -0.2) is 4.68 Å². The highest BCUT2D eigenvalue weighted by Crippen LogP contribution is 2.43. The Balaban J connectivity index is 2.11. The molecule has 0 radical (unpaired) electrons. The number of aromatic nitrogens is 3. The fourth-order valence-electron chi connectivity index (χ4n) is 3.76. The second-order valence-electron chi connectivity index (χ2n) is 8.92. The average molecular weight is 432 g/mol. The van der Waals surface area contributed by atoms with Crippen LogP contribution in [0.2, 0.25) is 0 Å². The zero-order valence-electron chi connectivity index (χ0n) is 18.7. The molecular formula is C23H25N7S. The van der Waals surface area contributed by atoms with E-state index >= 15 is 0 Å². The van der Waals surface area contributed by atoms with Gasteiger partial charge >= 0.3 is 0 Å². The summed E-state index contributed by atoms with van der Waals surface area (Å²) < 4.78 is 6.35. The number of benzene rings is 1. The lowest BCUT2D eigenvalue weighted by Crippen LogP contribution is -2.18. The minimum Gasteiger partial charge on any atom is -0.359 e. The third-order valence-electron chi connectivity index (χ3n) is 5.27. The van der Waals surface area contributed by atoms with Gasteiger partial charge < -0.3 is 4.90 Å². The van der Waals surface area contributed by atoms with Gasteiger partial charge in [-0.15, -0.1) is 10.2 Å². The molecule has 4 rings (SSSR count). The molecule has 1 aliphatic heterocycles. The molecule has 0 amide bonds. The molecule has 158 valence electrons. The molecule has 0 atom stereocenters. The number of nitriles is 1.